The summed E-state index contributed by atoms with van der Waals surface area (Å²) in [7, 11) is 5.65. The third-order valence-electron chi connectivity index (χ3n) is 4.14. The van der Waals surface area contributed by atoms with Crippen molar-refractivity contribution < 1.29 is 9.47 Å². The lowest BCUT2D eigenvalue weighted by atomic mass is 10.1. The molecule has 6 nitrogen and oxygen atoms in total. The summed E-state index contributed by atoms with van der Waals surface area (Å²) in [5, 5.41) is 0. The summed E-state index contributed by atoms with van der Waals surface area (Å²) in [6, 6.07) is 10.1. The van der Waals surface area contributed by atoms with Gasteiger partial charge in [0.1, 0.15) is 23.5 Å². The number of methoxy groups -OCH3 is 1. The average Bonchev–Trinajstić information content (AvgIpc) is 2.61. The Balaban J connectivity index is 1.80. The van der Waals surface area contributed by atoms with Crippen molar-refractivity contribution in [3.63, 3.8) is 0 Å². The second-order valence-corrected chi connectivity index (χ2v) is 6.10. The zero-order valence-corrected chi connectivity index (χ0v) is 14.7. The molecule has 3 rings (SSSR count). The average molecular weight is 328 g/mol. The van der Waals surface area contributed by atoms with Gasteiger partial charge < -0.3 is 19.3 Å². The predicted octanol–water partition coefficient (Wildman–Crippen LogP) is 2.44. The van der Waals surface area contributed by atoms with Crippen LogP contribution in [-0.2, 0) is 4.74 Å². The molecule has 24 heavy (non-hydrogen) atoms. The smallest absolute Gasteiger partial charge is 0.132 e. The van der Waals surface area contributed by atoms with Crippen molar-refractivity contribution in [3.05, 3.63) is 41.9 Å². The van der Waals surface area contributed by atoms with E-state index >= 15 is 0 Å². The van der Waals surface area contributed by atoms with Crippen LogP contribution in [0.25, 0.3) is 0 Å². The summed E-state index contributed by atoms with van der Waals surface area (Å²) in [6.07, 6.45) is -0.0544. The summed E-state index contributed by atoms with van der Waals surface area (Å²) >= 11 is 0. The van der Waals surface area contributed by atoms with Gasteiger partial charge in [-0.25, -0.2) is 9.97 Å². The molecule has 1 fully saturated rings. The van der Waals surface area contributed by atoms with E-state index in [-0.39, 0.29) is 6.10 Å². The number of ether oxygens (including phenoxy) is 2. The number of aryl methyl sites for hydroxylation is 1. The van der Waals surface area contributed by atoms with Crippen LogP contribution in [0.15, 0.2) is 30.3 Å². The molecule has 6 heteroatoms. The van der Waals surface area contributed by atoms with Crippen molar-refractivity contribution in [1.82, 2.24) is 9.97 Å². The molecule has 0 aliphatic carbocycles. The zero-order valence-electron chi connectivity index (χ0n) is 14.7. The first-order valence-corrected chi connectivity index (χ1v) is 8.10. The van der Waals surface area contributed by atoms with Gasteiger partial charge in [-0.2, -0.15) is 0 Å². The third-order valence-corrected chi connectivity index (χ3v) is 4.14. The largest absolute Gasteiger partial charge is 0.497 e. The number of benzene rings is 1. The Bertz CT molecular complexity index is 688. The fourth-order valence-electron chi connectivity index (χ4n) is 2.82. The van der Waals surface area contributed by atoms with E-state index in [0.717, 1.165) is 36.2 Å². The Labute approximate surface area is 143 Å². The maximum atomic E-state index is 5.98. The van der Waals surface area contributed by atoms with Crippen LogP contribution in [0.5, 0.6) is 5.75 Å². The summed E-state index contributed by atoms with van der Waals surface area (Å²) < 4.78 is 11.2. The molecule has 128 valence electrons. The molecule has 0 radical (unpaired) electrons. The Morgan fingerprint density at radius 3 is 2.62 bits per heavy atom. The van der Waals surface area contributed by atoms with E-state index in [0.29, 0.717) is 6.61 Å². The van der Waals surface area contributed by atoms with Gasteiger partial charge in [-0.15, -0.1) is 0 Å². The summed E-state index contributed by atoms with van der Waals surface area (Å²) in [5.41, 5.74) is 2.10. The molecule has 0 N–H and O–H groups in total. The van der Waals surface area contributed by atoms with E-state index in [1.807, 2.05) is 44.1 Å². The van der Waals surface area contributed by atoms with Crippen molar-refractivity contribution in [2.24, 2.45) is 0 Å². The minimum atomic E-state index is -0.0544. The van der Waals surface area contributed by atoms with Crippen LogP contribution in [0.1, 0.15) is 17.6 Å². The van der Waals surface area contributed by atoms with E-state index in [9.17, 15) is 0 Å². The first-order valence-electron chi connectivity index (χ1n) is 8.10. The van der Waals surface area contributed by atoms with Gasteiger partial charge in [0.25, 0.3) is 0 Å². The number of hydrogen-bond donors (Lipinski definition) is 0. The van der Waals surface area contributed by atoms with Crippen molar-refractivity contribution in [3.8, 4) is 5.75 Å². The number of rotatable bonds is 4. The minimum absolute atomic E-state index is 0.0544. The van der Waals surface area contributed by atoms with E-state index in [2.05, 4.69) is 27.0 Å². The normalized spacial score (nSPS) is 17.7. The molecule has 1 aromatic heterocycles. The lowest BCUT2D eigenvalue weighted by Crippen LogP contribution is -2.38. The second kappa shape index (κ2) is 7.05. The van der Waals surface area contributed by atoms with E-state index in [1.54, 1.807) is 7.11 Å². The van der Waals surface area contributed by atoms with E-state index in [4.69, 9.17) is 9.47 Å². The molecule has 0 amide bonds. The topological polar surface area (TPSA) is 50.7 Å². The lowest BCUT2D eigenvalue weighted by Gasteiger charge is -2.34. The Morgan fingerprint density at radius 1 is 1.21 bits per heavy atom. The Kier molecular flexibility index (Phi) is 4.85. The quantitative estimate of drug-likeness (QED) is 0.859. The lowest BCUT2D eigenvalue weighted by molar-refractivity contribution is 0.0369. The summed E-state index contributed by atoms with van der Waals surface area (Å²) in [4.78, 5) is 13.4. The van der Waals surface area contributed by atoms with Crippen molar-refractivity contribution >= 4 is 11.5 Å². The predicted molar refractivity (Wildman–Crippen MR) is 95.0 cm³/mol. The highest BCUT2D eigenvalue weighted by atomic mass is 16.5. The number of aromatic nitrogens is 2. The number of anilines is 2. The molecular formula is C18H24N4O2. The first-order chi connectivity index (χ1) is 11.6. The molecule has 0 spiro atoms. The molecule has 1 aromatic carbocycles. The highest BCUT2D eigenvalue weighted by Crippen LogP contribution is 2.27. The summed E-state index contributed by atoms with van der Waals surface area (Å²) in [5.74, 6) is 2.54. The molecule has 1 aliphatic rings. The molecule has 0 saturated carbocycles. The third kappa shape index (κ3) is 3.59. The molecule has 1 saturated heterocycles. The minimum Gasteiger partial charge on any atom is -0.497 e. The van der Waals surface area contributed by atoms with E-state index < -0.39 is 0 Å². The molecule has 2 aromatic rings. The van der Waals surface area contributed by atoms with Crippen molar-refractivity contribution in [2.75, 3.05) is 50.7 Å². The fourth-order valence-corrected chi connectivity index (χ4v) is 2.82. The SMILES string of the molecule is COc1ccc(N2CCOC(c3cc(N(C)C)nc(C)n3)C2)cc1. The van der Waals surface area contributed by atoms with Gasteiger partial charge in [-0.3, -0.25) is 0 Å². The molecular weight excluding hydrogens is 304 g/mol. The number of hydrogen-bond acceptors (Lipinski definition) is 6. The van der Waals surface area contributed by atoms with Gasteiger partial charge in [0.2, 0.25) is 0 Å². The Hall–Kier alpha value is -2.34. The van der Waals surface area contributed by atoms with Crippen molar-refractivity contribution in [2.45, 2.75) is 13.0 Å². The molecule has 2 heterocycles. The first kappa shape index (κ1) is 16.5. The van der Waals surface area contributed by atoms with Gasteiger partial charge in [-0.1, -0.05) is 0 Å². The molecule has 0 bridgehead atoms. The summed E-state index contributed by atoms with van der Waals surface area (Å²) in [6.45, 7) is 4.24. The number of morpholine rings is 1. The molecule has 1 atom stereocenters. The van der Waals surface area contributed by atoms with Gasteiger partial charge in [-0.05, 0) is 31.2 Å². The van der Waals surface area contributed by atoms with Gasteiger partial charge >= 0.3 is 0 Å². The monoisotopic (exact) mass is 328 g/mol. The van der Waals surface area contributed by atoms with Crippen LogP contribution >= 0.6 is 0 Å². The molecule has 1 aliphatic heterocycles. The van der Waals surface area contributed by atoms with Gasteiger partial charge in [0.05, 0.1) is 19.4 Å². The number of nitrogens with zero attached hydrogens (tertiary/aromatic N) is 4. The molecule has 1 unspecified atom stereocenters. The van der Waals surface area contributed by atoms with E-state index in [1.165, 1.54) is 5.69 Å². The van der Waals surface area contributed by atoms with Gasteiger partial charge in [0.15, 0.2) is 0 Å². The van der Waals surface area contributed by atoms with Crippen LogP contribution in [0.2, 0.25) is 0 Å². The van der Waals surface area contributed by atoms with Crippen LogP contribution in [0, 0.1) is 6.92 Å². The van der Waals surface area contributed by atoms with Crippen LogP contribution in [0.4, 0.5) is 11.5 Å². The second-order valence-electron chi connectivity index (χ2n) is 6.10. The standard InChI is InChI=1S/C18H24N4O2/c1-13-19-16(11-18(20-13)21(2)3)17-12-22(9-10-24-17)14-5-7-15(23-4)8-6-14/h5-8,11,17H,9-10,12H2,1-4H3. The van der Waals surface area contributed by atoms with Crippen LogP contribution in [0.3, 0.4) is 0 Å². The Morgan fingerprint density at radius 2 is 1.96 bits per heavy atom. The highest BCUT2D eigenvalue weighted by molar-refractivity contribution is 5.50. The zero-order chi connectivity index (χ0) is 17.1. The van der Waals surface area contributed by atoms with Crippen molar-refractivity contribution in [1.29, 1.82) is 0 Å². The van der Waals surface area contributed by atoms with Crippen LogP contribution < -0.4 is 14.5 Å². The van der Waals surface area contributed by atoms with Gasteiger partial charge in [0, 0.05) is 38.9 Å². The highest BCUT2D eigenvalue weighted by Gasteiger charge is 2.24. The van der Waals surface area contributed by atoms with Crippen LogP contribution in [-0.4, -0.2) is 50.9 Å². The fraction of sp³-hybridized carbons (Fsp3) is 0.444. The maximum Gasteiger partial charge on any atom is 0.132 e. The maximum absolute atomic E-state index is 5.98.